The molecule has 1 N–H and O–H groups in total. The van der Waals surface area contributed by atoms with Crippen LogP contribution in [0.4, 0.5) is 0 Å². The molecule has 2 rings (SSSR count). The van der Waals surface area contributed by atoms with Crippen LogP contribution >= 0.6 is 0 Å². The van der Waals surface area contributed by atoms with Gasteiger partial charge in [-0.2, -0.15) is 5.26 Å². The van der Waals surface area contributed by atoms with E-state index in [0.717, 1.165) is 5.39 Å². The van der Waals surface area contributed by atoms with Crippen LogP contribution in [-0.4, -0.2) is 17.7 Å². The van der Waals surface area contributed by atoms with Crippen LogP contribution < -0.4 is 0 Å². The van der Waals surface area contributed by atoms with Crippen molar-refractivity contribution in [2.75, 3.05) is 6.61 Å². The number of hydrogen-bond donors (Lipinski definition) is 1. The molecule has 0 atom stereocenters. The van der Waals surface area contributed by atoms with Gasteiger partial charge in [-0.3, -0.25) is 0 Å². The molecule has 0 bridgehead atoms. The summed E-state index contributed by atoms with van der Waals surface area (Å²) in [7, 11) is 0. The summed E-state index contributed by atoms with van der Waals surface area (Å²) in [6, 6.07) is 12.6. The lowest BCUT2D eigenvalue weighted by molar-refractivity contribution is 0.0499. The van der Waals surface area contributed by atoms with E-state index in [1.165, 1.54) is 0 Å². The van der Waals surface area contributed by atoms with Crippen molar-refractivity contribution in [3.05, 3.63) is 42.0 Å². The minimum atomic E-state index is -0.568. The van der Waals surface area contributed by atoms with Crippen LogP contribution in [0.3, 0.4) is 0 Å². The normalized spacial score (nSPS) is 10.1. The van der Waals surface area contributed by atoms with E-state index >= 15 is 0 Å². The lowest BCUT2D eigenvalue weighted by Crippen LogP contribution is -2.06. The van der Waals surface area contributed by atoms with Gasteiger partial charge < -0.3 is 9.84 Å². The minimum Gasteiger partial charge on any atom is -0.506 e. The van der Waals surface area contributed by atoms with Crippen molar-refractivity contribution < 1.29 is 14.6 Å². The second kappa shape index (κ2) is 5.87. The largest absolute Gasteiger partial charge is 0.506 e. The van der Waals surface area contributed by atoms with Gasteiger partial charge in [-0.1, -0.05) is 30.3 Å². The van der Waals surface area contributed by atoms with Gasteiger partial charge in [0.15, 0.2) is 0 Å². The Kier molecular flexibility index (Phi) is 3.99. The molecule has 4 nitrogen and oxygen atoms in total. The summed E-state index contributed by atoms with van der Waals surface area (Å²) < 4.78 is 5.01. The van der Waals surface area contributed by atoms with E-state index in [0.29, 0.717) is 18.2 Å². The van der Waals surface area contributed by atoms with Crippen LogP contribution in [0.5, 0.6) is 5.75 Å². The highest BCUT2D eigenvalue weighted by Crippen LogP contribution is 2.28. The van der Waals surface area contributed by atoms with E-state index < -0.39 is 5.97 Å². The Morgan fingerprint density at radius 1 is 1.26 bits per heavy atom. The van der Waals surface area contributed by atoms with Crippen LogP contribution in [0.15, 0.2) is 36.4 Å². The van der Waals surface area contributed by atoms with Gasteiger partial charge >= 0.3 is 5.97 Å². The van der Waals surface area contributed by atoms with E-state index in [2.05, 4.69) is 0 Å². The van der Waals surface area contributed by atoms with Crippen LogP contribution in [0.25, 0.3) is 10.8 Å². The van der Waals surface area contributed by atoms with Crippen molar-refractivity contribution in [3.63, 3.8) is 0 Å². The van der Waals surface area contributed by atoms with Crippen molar-refractivity contribution in [1.82, 2.24) is 0 Å². The summed E-state index contributed by atoms with van der Waals surface area (Å²) in [5.74, 6) is -0.635. The fraction of sp³-hybridized carbons (Fsp3) is 0.200. The third kappa shape index (κ3) is 2.83. The first-order chi connectivity index (χ1) is 9.24. The zero-order valence-electron chi connectivity index (χ0n) is 10.3. The highest BCUT2D eigenvalue weighted by molar-refractivity contribution is 6.01. The zero-order chi connectivity index (χ0) is 13.7. The van der Waals surface area contributed by atoms with Crippen molar-refractivity contribution in [2.45, 2.75) is 12.8 Å². The lowest BCUT2D eigenvalue weighted by atomic mass is 10.1. The average Bonchev–Trinajstić information content (AvgIpc) is 2.44. The molecule has 0 spiro atoms. The number of carbonyl (C=O) groups is 1. The summed E-state index contributed by atoms with van der Waals surface area (Å²) in [5, 5.41) is 19.9. The molecule has 0 aliphatic carbocycles. The third-order valence-corrected chi connectivity index (χ3v) is 2.79. The Labute approximate surface area is 110 Å². The summed E-state index contributed by atoms with van der Waals surface area (Å²) in [5.41, 5.74) is 0.149. The molecule has 0 unspecified atom stereocenters. The SMILES string of the molecule is N#CCCCOC(=O)c1ccc2ccccc2c1O. The number of phenols is 1. The van der Waals surface area contributed by atoms with E-state index in [9.17, 15) is 9.90 Å². The number of esters is 1. The monoisotopic (exact) mass is 255 g/mol. The van der Waals surface area contributed by atoms with E-state index in [4.69, 9.17) is 10.00 Å². The van der Waals surface area contributed by atoms with Crippen molar-refractivity contribution in [1.29, 1.82) is 5.26 Å². The Hall–Kier alpha value is -2.54. The Morgan fingerprint density at radius 3 is 2.84 bits per heavy atom. The molecule has 2 aromatic rings. The summed E-state index contributed by atoms with van der Waals surface area (Å²) in [4.78, 5) is 11.8. The first-order valence-corrected chi connectivity index (χ1v) is 5.99. The maximum atomic E-state index is 11.8. The number of ether oxygens (including phenoxy) is 1. The van der Waals surface area contributed by atoms with Gasteiger partial charge in [0.1, 0.15) is 11.3 Å². The third-order valence-electron chi connectivity index (χ3n) is 2.79. The molecule has 4 heteroatoms. The molecular weight excluding hydrogens is 242 g/mol. The highest BCUT2D eigenvalue weighted by Gasteiger charge is 2.14. The van der Waals surface area contributed by atoms with Crippen molar-refractivity contribution >= 4 is 16.7 Å². The standard InChI is InChI=1S/C15H13NO3/c16-9-3-4-10-19-15(18)13-8-7-11-5-1-2-6-12(11)14(13)17/h1-2,5-8,17H,3-4,10H2. The lowest BCUT2D eigenvalue weighted by Gasteiger charge is -2.07. The predicted octanol–water partition coefficient (Wildman–Crippen LogP) is 3.01. The topological polar surface area (TPSA) is 70.3 Å². The van der Waals surface area contributed by atoms with Gasteiger partial charge in [-0.15, -0.1) is 0 Å². The first kappa shape index (κ1) is 12.9. The number of nitriles is 1. The van der Waals surface area contributed by atoms with Crippen molar-refractivity contribution in [3.8, 4) is 11.8 Å². The predicted molar refractivity (Wildman–Crippen MR) is 70.7 cm³/mol. The Balaban J connectivity index is 2.18. The van der Waals surface area contributed by atoms with Gasteiger partial charge in [0.2, 0.25) is 0 Å². The number of hydrogen-bond acceptors (Lipinski definition) is 4. The molecule has 0 fully saturated rings. The smallest absolute Gasteiger partial charge is 0.341 e. The molecule has 0 radical (unpaired) electrons. The van der Waals surface area contributed by atoms with Gasteiger partial charge in [0, 0.05) is 11.8 Å². The van der Waals surface area contributed by atoms with Gasteiger partial charge in [0.25, 0.3) is 0 Å². The van der Waals surface area contributed by atoms with Crippen LogP contribution in [0, 0.1) is 11.3 Å². The molecule has 0 saturated carbocycles. The molecule has 0 aromatic heterocycles. The molecular formula is C15H13NO3. The van der Waals surface area contributed by atoms with Gasteiger partial charge in [0.05, 0.1) is 12.7 Å². The number of carbonyl (C=O) groups excluding carboxylic acids is 1. The van der Waals surface area contributed by atoms with E-state index in [-0.39, 0.29) is 17.9 Å². The maximum absolute atomic E-state index is 11.8. The van der Waals surface area contributed by atoms with Gasteiger partial charge in [-0.05, 0) is 17.9 Å². The number of nitrogens with zero attached hydrogens (tertiary/aromatic N) is 1. The fourth-order valence-electron chi connectivity index (χ4n) is 1.81. The van der Waals surface area contributed by atoms with Crippen LogP contribution in [-0.2, 0) is 4.74 Å². The number of aromatic hydroxyl groups is 1. The number of unbranched alkanes of at least 4 members (excludes halogenated alkanes) is 1. The fourth-order valence-corrected chi connectivity index (χ4v) is 1.81. The minimum absolute atomic E-state index is 0.0663. The molecule has 0 saturated heterocycles. The number of fused-ring (bicyclic) bond motifs is 1. The molecule has 0 amide bonds. The first-order valence-electron chi connectivity index (χ1n) is 5.99. The molecule has 19 heavy (non-hydrogen) atoms. The van der Waals surface area contributed by atoms with Crippen molar-refractivity contribution in [2.24, 2.45) is 0 Å². The average molecular weight is 255 g/mol. The molecule has 96 valence electrons. The zero-order valence-corrected chi connectivity index (χ0v) is 10.3. The van der Waals surface area contributed by atoms with E-state index in [1.807, 2.05) is 18.2 Å². The summed E-state index contributed by atoms with van der Waals surface area (Å²) >= 11 is 0. The number of phenolic OH excluding ortho intramolecular Hbond substituents is 1. The van der Waals surface area contributed by atoms with E-state index in [1.54, 1.807) is 24.3 Å². The second-order valence-corrected chi connectivity index (χ2v) is 4.08. The number of benzene rings is 2. The molecule has 2 aromatic carbocycles. The van der Waals surface area contributed by atoms with Gasteiger partial charge in [-0.25, -0.2) is 4.79 Å². The van der Waals surface area contributed by atoms with Crippen LogP contribution in [0.1, 0.15) is 23.2 Å². The van der Waals surface area contributed by atoms with Crippen LogP contribution in [0.2, 0.25) is 0 Å². The maximum Gasteiger partial charge on any atom is 0.341 e. The number of rotatable bonds is 4. The Bertz CT molecular complexity index is 643. The quantitative estimate of drug-likeness (QED) is 0.673. The summed E-state index contributed by atoms with van der Waals surface area (Å²) in [6.45, 7) is 0.179. The highest BCUT2D eigenvalue weighted by atomic mass is 16.5. The molecule has 0 aliphatic rings. The molecule has 0 heterocycles. The second-order valence-electron chi connectivity index (χ2n) is 4.08. The summed E-state index contributed by atoms with van der Waals surface area (Å²) in [6.07, 6.45) is 0.841. The Morgan fingerprint density at radius 2 is 2.05 bits per heavy atom. The molecule has 0 aliphatic heterocycles.